The molecule has 0 saturated carbocycles. The molecule has 0 aliphatic rings. The van der Waals surface area contributed by atoms with E-state index in [1.807, 2.05) is 0 Å². The van der Waals surface area contributed by atoms with E-state index in [0.717, 1.165) is 0 Å². The summed E-state index contributed by atoms with van der Waals surface area (Å²) < 4.78 is 5.41. The van der Waals surface area contributed by atoms with Gasteiger partial charge in [-0.15, -0.1) is 0 Å². The molecule has 0 fully saturated rings. The predicted molar refractivity (Wildman–Crippen MR) is 78.4 cm³/mol. The van der Waals surface area contributed by atoms with Crippen LogP contribution < -0.4 is 15.4 Å². The van der Waals surface area contributed by atoms with E-state index in [0.29, 0.717) is 28.3 Å². The summed E-state index contributed by atoms with van der Waals surface area (Å²) in [5.74, 6) is 1.05. The predicted octanol–water partition coefficient (Wildman–Crippen LogP) is 1.53. The Kier molecular flexibility index (Phi) is 6.77. The van der Waals surface area contributed by atoms with Gasteiger partial charge in [0.1, 0.15) is 23.5 Å². The zero-order valence-electron chi connectivity index (χ0n) is 10.8. The summed E-state index contributed by atoms with van der Waals surface area (Å²) in [6.45, 7) is 0.416. The van der Waals surface area contributed by atoms with Crippen LogP contribution in [-0.4, -0.2) is 44.4 Å². The topological polar surface area (TPSA) is 65.9 Å². The molecule has 0 unspecified atom stereocenters. The summed E-state index contributed by atoms with van der Waals surface area (Å²) in [7, 11) is 3.39. The van der Waals surface area contributed by atoms with Crippen LogP contribution in [0.15, 0.2) is 23.2 Å². The van der Waals surface area contributed by atoms with Crippen molar-refractivity contribution in [3.05, 3.63) is 28.2 Å². The second-order valence-corrected chi connectivity index (χ2v) is 4.51. The van der Waals surface area contributed by atoms with Crippen LogP contribution in [0.3, 0.4) is 0 Å². The lowest BCUT2D eigenvalue weighted by molar-refractivity contribution is 0.110. The van der Waals surface area contributed by atoms with Crippen molar-refractivity contribution in [2.75, 3.05) is 27.2 Å². The van der Waals surface area contributed by atoms with Gasteiger partial charge in [0.2, 0.25) is 0 Å². The van der Waals surface area contributed by atoms with Crippen LogP contribution in [0, 0.1) is 0 Å². The number of aliphatic hydroxyl groups is 1. The van der Waals surface area contributed by atoms with Crippen molar-refractivity contribution in [2.24, 2.45) is 4.99 Å². The van der Waals surface area contributed by atoms with E-state index in [1.54, 1.807) is 32.3 Å². The lowest BCUT2D eigenvalue weighted by Gasteiger charge is -2.15. The number of hydrogen-bond acceptors (Lipinski definition) is 3. The molecule has 1 atom stereocenters. The van der Waals surface area contributed by atoms with Crippen molar-refractivity contribution in [1.82, 2.24) is 10.6 Å². The molecule has 1 rings (SSSR count). The van der Waals surface area contributed by atoms with Crippen LogP contribution in [-0.2, 0) is 0 Å². The maximum absolute atomic E-state index is 9.76. The van der Waals surface area contributed by atoms with Crippen molar-refractivity contribution < 1.29 is 9.84 Å². The first-order valence-electron chi connectivity index (χ1n) is 5.71. The van der Waals surface area contributed by atoms with Crippen LogP contribution in [0.5, 0.6) is 5.75 Å². The van der Waals surface area contributed by atoms with E-state index in [1.165, 1.54) is 0 Å². The van der Waals surface area contributed by atoms with E-state index >= 15 is 0 Å². The maximum atomic E-state index is 9.76. The molecule has 1 aromatic carbocycles. The summed E-state index contributed by atoms with van der Waals surface area (Å²) in [5.41, 5.74) is 0. The minimum absolute atomic E-state index is 0.105. The monoisotopic (exact) mass is 305 g/mol. The van der Waals surface area contributed by atoms with Gasteiger partial charge >= 0.3 is 0 Å². The molecule has 106 valence electrons. The highest BCUT2D eigenvalue weighted by atomic mass is 35.5. The molecule has 0 radical (unpaired) electrons. The quantitative estimate of drug-likeness (QED) is 0.570. The number of hydrogen-bond donors (Lipinski definition) is 3. The van der Waals surface area contributed by atoms with Crippen molar-refractivity contribution in [3.63, 3.8) is 0 Å². The molecule has 0 aliphatic carbocycles. The van der Waals surface area contributed by atoms with Gasteiger partial charge in [-0.25, -0.2) is 0 Å². The second kappa shape index (κ2) is 8.09. The highest BCUT2D eigenvalue weighted by Gasteiger charge is 2.09. The molecule has 0 bridgehead atoms. The molecule has 3 N–H and O–H groups in total. The van der Waals surface area contributed by atoms with Gasteiger partial charge in [0.15, 0.2) is 5.96 Å². The van der Waals surface area contributed by atoms with Gasteiger partial charge < -0.3 is 20.5 Å². The molecule has 0 aromatic heterocycles. The molecule has 7 heteroatoms. The molecule has 0 aliphatic heterocycles. The Hall–Kier alpha value is -1.17. The van der Waals surface area contributed by atoms with Gasteiger partial charge in [-0.2, -0.15) is 0 Å². The standard InChI is InChI=1S/C12H17Cl2N3O2/c1-15-12(16-2)17-6-8(18)7-19-10-5-3-4-9(13)11(10)14/h3-5,8,18H,6-7H2,1-2H3,(H2,15,16,17)/t8-/m1/s1. The van der Waals surface area contributed by atoms with Crippen LogP contribution in [0.1, 0.15) is 0 Å². The summed E-state index contributed by atoms with van der Waals surface area (Å²) in [6.07, 6.45) is -0.694. The smallest absolute Gasteiger partial charge is 0.190 e. The molecule has 0 amide bonds. The minimum atomic E-state index is -0.694. The Morgan fingerprint density at radius 2 is 2.21 bits per heavy atom. The van der Waals surface area contributed by atoms with Crippen LogP contribution in [0.2, 0.25) is 10.0 Å². The largest absolute Gasteiger partial charge is 0.489 e. The Morgan fingerprint density at radius 3 is 2.84 bits per heavy atom. The Bertz CT molecular complexity index is 441. The van der Waals surface area contributed by atoms with Gasteiger partial charge in [0.05, 0.1) is 5.02 Å². The number of guanidine groups is 1. The van der Waals surface area contributed by atoms with Crippen LogP contribution >= 0.6 is 23.2 Å². The number of benzene rings is 1. The number of aliphatic imine (C=N–C) groups is 1. The lowest BCUT2D eigenvalue weighted by Crippen LogP contribution is -2.41. The molecule has 5 nitrogen and oxygen atoms in total. The first-order chi connectivity index (χ1) is 9.08. The van der Waals surface area contributed by atoms with Crippen molar-refractivity contribution in [1.29, 1.82) is 0 Å². The average molecular weight is 306 g/mol. The van der Waals surface area contributed by atoms with E-state index < -0.39 is 6.10 Å². The van der Waals surface area contributed by atoms with E-state index in [4.69, 9.17) is 27.9 Å². The molecule has 0 saturated heterocycles. The Morgan fingerprint density at radius 1 is 1.47 bits per heavy atom. The molecule has 1 aromatic rings. The minimum Gasteiger partial charge on any atom is -0.489 e. The van der Waals surface area contributed by atoms with Gasteiger partial charge in [0.25, 0.3) is 0 Å². The van der Waals surface area contributed by atoms with Gasteiger partial charge in [-0.1, -0.05) is 29.3 Å². The van der Waals surface area contributed by atoms with Gasteiger partial charge in [-0.3, -0.25) is 4.99 Å². The SMILES string of the molecule is CN=C(NC)NC[C@@H](O)COc1cccc(Cl)c1Cl. The maximum Gasteiger partial charge on any atom is 0.190 e. The summed E-state index contributed by atoms with van der Waals surface area (Å²) >= 11 is 11.8. The van der Waals surface area contributed by atoms with Gasteiger partial charge in [-0.05, 0) is 12.1 Å². The van der Waals surface area contributed by atoms with Crippen LogP contribution in [0.25, 0.3) is 0 Å². The van der Waals surface area contributed by atoms with Gasteiger partial charge in [0, 0.05) is 20.6 Å². The van der Waals surface area contributed by atoms with Crippen LogP contribution in [0.4, 0.5) is 0 Å². The number of nitrogens with zero attached hydrogens (tertiary/aromatic N) is 1. The number of ether oxygens (including phenoxy) is 1. The summed E-state index contributed by atoms with van der Waals surface area (Å²) in [5, 5.41) is 16.3. The molecular weight excluding hydrogens is 289 g/mol. The third kappa shape index (κ3) is 5.14. The highest BCUT2D eigenvalue weighted by Crippen LogP contribution is 2.31. The molecular formula is C12H17Cl2N3O2. The third-order valence-electron chi connectivity index (χ3n) is 2.31. The number of rotatable bonds is 5. The van der Waals surface area contributed by atoms with Crippen molar-refractivity contribution >= 4 is 29.2 Å². The first kappa shape index (κ1) is 15.9. The fraction of sp³-hybridized carbons (Fsp3) is 0.417. The fourth-order valence-electron chi connectivity index (χ4n) is 1.33. The number of halogens is 2. The molecule has 0 spiro atoms. The second-order valence-electron chi connectivity index (χ2n) is 3.72. The summed E-state index contributed by atoms with van der Waals surface area (Å²) in [6, 6.07) is 5.10. The fourth-order valence-corrected chi connectivity index (χ4v) is 1.68. The van der Waals surface area contributed by atoms with Crippen molar-refractivity contribution in [2.45, 2.75) is 6.10 Å². The Balaban J connectivity index is 2.42. The zero-order valence-corrected chi connectivity index (χ0v) is 12.3. The lowest BCUT2D eigenvalue weighted by atomic mass is 10.3. The normalized spacial score (nSPS) is 13.0. The number of nitrogens with one attached hydrogen (secondary N) is 2. The molecule has 0 heterocycles. The zero-order chi connectivity index (χ0) is 14.3. The number of aliphatic hydroxyl groups excluding tert-OH is 1. The first-order valence-corrected chi connectivity index (χ1v) is 6.47. The summed E-state index contributed by atoms with van der Waals surface area (Å²) in [4.78, 5) is 3.93. The Labute approximate surface area is 122 Å². The van der Waals surface area contributed by atoms with E-state index in [2.05, 4.69) is 15.6 Å². The molecule has 19 heavy (non-hydrogen) atoms. The highest BCUT2D eigenvalue weighted by molar-refractivity contribution is 6.42. The van der Waals surface area contributed by atoms with Crippen molar-refractivity contribution in [3.8, 4) is 5.75 Å². The van der Waals surface area contributed by atoms with E-state index in [9.17, 15) is 5.11 Å². The van der Waals surface area contributed by atoms with E-state index in [-0.39, 0.29) is 6.61 Å². The average Bonchev–Trinajstić information content (AvgIpc) is 2.41. The third-order valence-corrected chi connectivity index (χ3v) is 3.11.